The summed E-state index contributed by atoms with van der Waals surface area (Å²) in [5.74, 6) is 1.85. The lowest BCUT2D eigenvalue weighted by Crippen LogP contribution is -2.00. The van der Waals surface area contributed by atoms with Crippen LogP contribution in [0.25, 0.3) is 143 Å². The van der Waals surface area contributed by atoms with E-state index in [0.29, 0.717) is 17.5 Å². The number of nitrogens with zero attached hydrogens (tertiary/aromatic N) is 3. The Morgan fingerprint density at radius 2 is 0.783 bits per heavy atom. The minimum Gasteiger partial charge on any atom is -0.456 e. The van der Waals surface area contributed by atoms with Gasteiger partial charge in [-0.1, -0.05) is 170 Å². The molecule has 6 heteroatoms. The minimum atomic E-state index is 0.602. The summed E-state index contributed by atoms with van der Waals surface area (Å²) in [5.41, 5.74) is 14.9. The van der Waals surface area contributed by atoms with E-state index in [-0.39, 0.29) is 0 Å². The quantitative estimate of drug-likeness (QED) is 0.159. The van der Waals surface area contributed by atoms with Crippen LogP contribution in [-0.4, -0.2) is 15.0 Å². The van der Waals surface area contributed by atoms with Crippen molar-refractivity contribution < 1.29 is 8.83 Å². The molecule has 0 aliphatic heterocycles. The Hall–Kier alpha value is -8.97. The van der Waals surface area contributed by atoms with Gasteiger partial charge in [0.15, 0.2) is 17.5 Å². The largest absolute Gasteiger partial charge is 0.456 e. The number of hydrogen-bond donors (Lipinski definition) is 0. The van der Waals surface area contributed by atoms with Crippen molar-refractivity contribution >= 4 is 75.4 Å². The highest BCUT2D eigenvalue weighted by atomic mass is 32.1. The Morgan fingerprint density at radius 3 is 1.48 bits per heavy atom. The van der Waals surface area contributed by atoms with Crippen molar-refractivity contribution in [3.05, 3.63) is 224 Å². The first-order valence-electron chi connectivity index (χ1n) is 23.1. The van der Waals surface area contributed by atoms with Gasteiger partial charge in [0.05, 0.1) is 0 Å². The first kappa shape index (κ1) is 39.2. The molecule has 10 aromatic carbocycles. The van der Waals surface area contributed by atoms with Gasteiger partial charge in [-0.25, -0.2) is 15.0 Å². The molecule has 0 bridgehead atoms. The molecule has 0 aliphatic rings. The summed E-state index contributed by atoms with van der Waals surface area (Å²) in [6.07, 6.45) is 0. The van der Waals surface area contributed by atoms with Crippen molar-refractivity contribution in [2.24, 2.45) is 0 Å². The summed E-state index contributed by atoms with van der Waals surface area (Å²) in [7, 11) is 0. The van der Waals surface area contributed by atoms with Crippen molar-refractivity contribution in [2.45, 2.75) is 0 Å². The van der Waals surface area contributed by atoms with Crippen LogP contribution in [0.4, 0.5) is 0 Å². The van der Waals surface area contributed by atoms with Gasteiger partial charge in [0, 0.05) is 64.0 Å². The molecule has 4 heterocycles. The lowest BCUT2D eigenvalue weighted by molar-refractivity contribution is 0.668. The zero-order valence-corrected chi connectivity index (χ0v) is 37.7. The summed E-state index contributed by atoms with van der Waals surface area (Å²) < 4.78 is 16.1. The number of hydrogen-bond acceptors (Lipinski definition) is 6. The highest BCUT2D eigenvalue weighted by molar-refractivity contribution is 7.26. The number of thiophene rings is 1. The molecule has 0 amide bonds. The van der Waals surface area contributed by atoms with Gasteiger partial charge in [-0.2, -0.15) is 0 Å². The van der Waals surface area contributed by atoms with Gasteiger partial charge in [0.1, 0.15) is 22.3 Å². The standard InChI is InChI=1S/C63H37N3O2S/c1-4-16-38(17-5-1)45-26-14-30-55-58(45)59-47(27-15-31-56(59)69-55)44-35-50(42-32-33-49-48-24-10-11-28-52(48)67-54(49)37-42)60-51(36-44)57-46(25-13-29-53(57)68-60)41-22-12-23-43(34-41)63-65-61(39-18-6-2-7-19-39)64-62(66-63)40-20-8-3-9-21-40/h1-37H. The number of aromatic nitrogens is 3. The van der Waals surface area contributed by atoms with E-state index in [1.807, 2.05) is 84.1 Å². The van der Waals surface area contributed by atoms with Gasteiger partial charge in [0.2, 0.25) is 0 Å². The molecule has 14 aromatic rings. The van der Waals surface area contributed by atoms with Crippen molar-refractivity contribution in [1.29, 1.82) is 0 Å². The summed E-state index contributed by atoms with van der Waals surface area (Å²) in [4.78, 5) is 15.1. The molecule has 14 rings (SSSR count). The van der Waals surface area contributed by atoms with E-state index in [1.165, 1.54) is 36.9 Å². The Kier molecular flexibility index (Phi) is 9.00. The van der Waals surface area contributed by atoms with Crippen LogP contribution in [0.5, 0.6) is 0 Å². The maximum Gasteiger partial charge on any atom is 0.164 e. The van der Waals surface area contributed by atoms with Gasteiger partial charge in [-0.3, -0.25) is 0 Å². The Balaban J connectivity index is 1.01. The molecule has 0 fully saturated rings. The molecule has 0 atom stereocenters. The van der Waals surface area contributed by atoms with E-state index in [4.69, 9.17) is 23.8 Å². The molecule has 69 heavy (non-hydrogen) atoms. The fourth-order valence-corrected chi connectivity index (χ4v) is 11.3. The van der Waals surface area contributed by atoms with Crippen molar-refractivity contribution in [3.63, 3.8) is 0 Å². The SMILES string of the molecule is c1ccc(-c2nc(-c3ccccc3)nc(-c3cccc(-c4cccc5oc6c(-c7ccc8c(c7)oc7ccccc78)cc(-c7cccc8sc9cccc(-c%10ccccc%10)c9c78)cc6c45)c3)n2)cc1. The molecule has 0 radical (unpaired) electrons. The predicted octanol–water partition coefficient (Wildman–Crippen LogP) is 17.7. The van der Waals surface area contributed by atoms with Gasteiger partial charge in [-0.05, 0) is 93.5 Å². The molecule has 5 nitrogen and oxygen atoms in total. The average molecular weight is 900 g/mol. The van der Waals surface area contributed by atoms with Gasteiger partial charge in [0.25, 0.3) is 0 Å². The number of furan rings is 2. The van der Waals surface area contributed by atoms with Crippen LogP contribution >= 0.6 is 11.3 Å². The van der Waals surface area contributed by atoms with Crippen LogP contribution in [-0.2, 0) is 0 Å². The number of benzene rings is 10. The molecule has 0 aliphatic carbocycles. The van der Waals surface area contributed by atoms with Crippen LogP contribution in [0.15, 0.2) is 233 Å². The van der Waals surface area contributed by atoms with E-state index in [1.54, 1.807) is 0 Å². The van der Waals surface area contributed by atoms with Crippen LogP contribution in [0.3, 0.4) is 0 Å². The second-order valence-electron chi connectivity index (χ2n) is 17.4. The van der Waals surface area contributed by atoms with E-state index in [0.717, 1.165) is 88.4 Å². The molecule has 0 unspecified atom stereocenters. The summed E-state index contributed by atoms with van der Waals surface area (Å²) in [6.45, 7) is 0. The van der Waals surface area contributed by atoms with Crippen LogP contribution in [0.2, 0.25) is 0 Å². The summed E-state index contributed by atoms with van der Waals surface area (Å²) in [6, 6.07) is 78.7. The zero-order valence-electron chi connectivity index (χ0n) is 36.9. The smallest absolute Gasteiger partial charge is 0.164 e. The van der Waals surface area contributed by atoms with Crippen molar-refractivity contribution in [1.82, 2.24) is 15.0 Å². The predicted molar refractivity (Wildman–Crippen MR) is 285 cm³/mol. The summed E-state index contributed by atoms with van der Waals surface area (Å²) in [5, 5.41) is 6.77. The van der Waals surface area contributed by atoms with Crippen LogP contribution < -0.4 is 0 Å². The molecule has 0 saturated carbocycles. The second kappa shape index (κ2) is 15.8. The maximum absolute atomic E-state index is 7.06. The third kappa shape index (κ3) is 6.56. The number of fused-ring (bicyclic) bond motifs is 9. The highest BCUT2D eigenvalue weighted by Crippen LogP contribution is 2.48. The molecular weight excluding hydrogens is 863 g/mol. The first-order valence-corrected chi connectivity index (χ1v) is 23.9. The Bertz CT molecular complexity index is 4250. The molecule has 0 spiro atoms. The number of para-hydroxylation sites is 1. The van der Waals surface area contributed by atoms with Crippen LogP contribution in [0, 0.1) is 0 Å². The third-order valence-electron chi connectivity index (χ3n) is 13.3. The fraction of sp³-hybridized carbons (Fsp3) is 0. The van der Waals surface area contributed by atoms with Crippen molar-refractivity contribution in [3.8, 4) is 78.7 Å². The lowest BCUT2D eigenvalue weighted by Gasteiger charge is -2.12. The molecule has 0 N–H and O–H groups in total. The van der Waals surface area contributed by atoms with Gasteiger partial charge >= 0.3 is 0 Å². The highest BCUT2D eigenvalue weighted by Gasteiger charge is 2.22. The maximum atomic E-state index is 7.06. The van der Waals surface area contributed by atoms with Gasteiger partial charge < -0.3 is 8.83 Å². The van der Waals surface area contributed by atoms with E-state index >= 15 is 0 Å². The monoisotopic (exact) mass is 899 g/mol. The van der Waals surface area contributed by atoms with E-state index in [2.05, 4.69) is 152 Å². The fourth-order valence-electron chi connectivity index (χ4n) is 10.2. The van der Waals surface area contributed by atoms with E-state index in [9.17, 15) is 0 Å². The lowest BCUT2D eigenvalue weighted by atomic mass is 9.90. The topological polar surface area (TPSA) is 65.0 Å². The second-order valence-corrected chi connectivity index (χ2v) is 18.5. The number of rotatable bonds is 7. The molecule has 322 valence electrons. The molecule has 0 saturated heterocycles. The first-order chi connectivity index (χ1) is 34.2. The third-order valence-corrected chi connectivity index (χ3v) is 14.5. The summed E-state index contributed by atoms with van der Waals surface area (Å²) >= 11 is 1.84. The molecule has 4 aromatic heterocycles. The van der Waals surface area contributed by atoms with Crippen LogP contribution in [0.1, 0.15) is 0 Å². The average Bonchev–Trinajstić information content (AvgIpc) is 4.12. The minimum absolute atomic E-state index is 0.602. The van der Waals surface area contributed by atoms with Gasteiger partial charge in [-0.15, -0.1) is 11.3 Å². The van der Waals surface area contributed by atoms with Crippen molar-refractivity contribution in [2.75, 3.05) is 0 Å². The Morgan fingerprint density at radius 1 is 0.275 bits per heavy atom. The zero-order chi connectivity index (χ0) is 45.4. The molecular formula is C63H37N3O2S. The normalized spacial score (nSPS) is 11.8. The Labute approximate surface area is 400 Å². The van der Waals surface area contributed by atoms with E-state index < -0.39 is 0 Å².